The Morgan fingerprint density at radius 3 is 2.64 bits per heavy atom. The third kappa shape index (κ3) is 1.62. The van der Waals surface area contributed by atoms with Crippen molar-refractivity contribution in [2.45, 2.75) is 0 Å². The van der Waals surface area contributed by atoms with E-state index in [4.69, 9.17) is 5.26 Å². The van der Waals surface area contributed by atoms with Gasteiger partial charge in [-0.2, -0.15) is 5.26 Å². The van der Waals surface area contributed by atoms with Crippen LogP contribution in [0.2, 0.25) is 0 Å². The molecule has 2 heteroatoms. The van der Waals surface area contributed by atoms with Crippen molar-refractivity contribution >= 4 is 0 Å². The minimum atomic E-state index is 0.440. The lowest BCUT2D eigenvalue weighted by Crippen LogP contribution is -1.86. The number of aromatic nitrogens is 1. The van der Waals surface area contributed by atoms with Crippen LogP contribution in [0.25, 0.3) is 11.3 Å². The summed E-state index contributed by atoms with van der Waals surface area (Å²) < 4.78 is 0. The molecule has 0 unspecified atom stereocenters. The molecule has 14 heavy (non-hydrogen) atoms. The zero-order valence-corrected chi connectivity index (χ0v) is 7.44. The van der Waals surface area contributed by atoms with Gasteiger partial charge in [0.15, 0.2) is 0 Å². The molecule has 65 valence electrons. The number of benzene rings is 1. The van der Waals surface area contributed by atoms with E-state index in [-0.39, 0.29) is 0 Å². The number of rotatable bonds is 1. The first-order valence-corrected chi connectivity index (χ1v) is 4.24. The van der Waals surface area contributed by atoms with Crippen LogP contribution in [0.3, 0.4) is 0 Å². The third-order valence-corrected chi connectivity index (χ3v) is 1.88. The Kier molecular flexibility index (Phi) is 2.24. The van der Waals surface area contributed by atoms with Crippen LogP contribution in [-0.2, 0) is 0 Å². The van der Waals surface area contributed by atoms with E-state index in [0.717, 1.165) is 11.3 Å². The second kappa shape index (κ2) is 3.71. The molecule has 0 aliphatic carbocycles. The van der Waals surface area contributed by atoms with Gasteiger partial charge in [0, 0.05) is 5.56 Å². The molecule has 1 aromatic heterocycles. The molecule has 1 radical (unpaired) electrons. The topological polar surface area (TPSA) is 36.7 Å². The normalized spacial score (nSPS) is 9.36. The first-order valence-electron chi connectivity index (χ1n) is 4.24. The van der Waals surface area contributed by atoms with Gasteiger partial charge in [-0.15, -0.1) is 0 Å². The van der Waals surface area contributed by atoms with Crippen LogP contribution in [0.4, 0.5) is 0 Å². The molecule has 1 aromatic carbocycles. The Balaban J connectivity index is 2.49. The van der Waals surface area contributed by atoms with Crippen LogP contribution in [0.1, 0.15) is 5.69 Å². The maximum atomic E-state index is 8.69. The summed E-state index contributed by atoms with van der Waals surface area (Å²) in [5, 5.41) is 8.69. The molecule has 0 bridgehead atoms. The van der Waals surface area contributed by atoms with Gasteiger partial charge in [0.05, 0.1) is 5.69 Å². The minimum absolute atomic E-state index is 0.440. The molecule has 0 saturated carbocycles. The monoisotopic (exact) mass is 179 g/mol. The van der Waals surface area contributed by atoms with Gasteiger partial charge in [-0.3, -0.25) is 0 Å². The molecule has 2 aromatic rings. The van der Waals surface area contributed by atoms with Crippen molar-refractivity contribution in [2.24, 2.45) is 0 Å². The minimum Gasteiger partial charge on any atom is -0.237 e. The molecular weight excluding hydrogens is 172 g/mol. The summed E-state index contributed by atoms with van der Waals surface area (Å²) in [4.78, 5) is 4.19. The summed E-state index contributed by atoms with van der Waals surface area (Å²) in [7, 11) is 0. The van der Waals surface area contributed by atoms with Crippen molar-refractivity contribution in [1.82, 2.24) is 4.98 Å². The van der Waals surface area contributed by atoms with Crippen LogP contribution < -0.4 is 0 Å². The van der Waals surface area contributed by atoms with Gasteiger partial charge in [0.25, 0.3) is 0 Å². The van der Waals surface area contributed by atoms with Gasteiger partial charge >= 0.3 is 0 Å². The molecule has 1 heterocycles. The average Bonchev–Trinajstić information content (AvgIpc) is 2.30. The van der Waals surface area contributed by atoms with Crippen molar-refractivity contribution in [2.75, 3.05) is 0 Å². The molecule has 0 aliphatic rings. The zero-order chi connectivity index (χ0) is 9.80. The van der Waals surface area contributed by atoms with Crippen molar-refractivity contribution < 1.29 is 0 Å². The molecule has 0 atom stereocenters. The third-order valence-electron chi connectivity index (χ3n) is 1.88. The van der Waals surface area contributed by atoms with E-state index in [1.165, 1.54) is 0 Å². The predicted octanol–water partition coefficient (Wildman–Crippen LogP) is 2.42. The van der Waals surface area contributed by atoms with E-state index in [2.05, 4.69) is 11.1 Å². The number of nitrogens with zero attached hydrogens (tertiary/aromatic N) is 2. The second-order valence-corrected chi connectivity index (χ2v) is 2.81. The van der Waals surface area contributed by atoms with Crippen molar-refractivity contribution in [1.29, 1.82) is 5.26 Å². The highest BCUT2D eigenvalue weighted by atomic mass is 14.7. The predicted molar refractivity (Wildman–Crippen MR) is 53.2 cm³/mol. The van der Waals surface area contributed by atoms with Crippen LogP contribution in [-0.4, -0.2) is 4.98 Å². The van der Waals surface area contributed by atoms with Gasteiger partial charge in [-0.25, -0.2) is 4.98 Å². The number of hydrogen-bond acceptors (Lipinski definition) is 2. The Labute approximate surface area is 82.5 Å². The second-order valence-electron chi connectivity index (χ2n) is 2.81. The lowest BCUT2D eigenvalue weighted by atomic mass is 10.1. The molecule has 0 fully saturated rings. The molecule has 0 spiro atoms. The SMILES string of the molecule is N#Cc1cccc(-c2cc[c]cc2)n1. The Hall–Kier alpha value is -2.14. The van der Waals surface area contributed by atoms with E-state index in [1.54, 1.807) is 6.07 Å². The highest BCUT2D eigenvalue weighted by Crippen LogP contribution is 2.15. The number of pyridine rings is 1. The smallest absolute Gasteiger partial charge is 0.141 e. The zero-order valence-electron chi connectivity index (χ0n) is 7.44. The largest absolute Gasteiger partial charge is 0.237 e. The van der Waals surface area contributed by atoms with E-state index in [0.29, 0.717) is 5.69 Å². The molecule has 2 nitrogen and oxygen atoms in total. The summed E-state index contributed by atoms with van der Waals surface area (Å²) >= 11 is 0. The molecule has 0 aliphatic heterocycles. The van der Waals surface area contributed by atoms with Gasteiger partial charge in [0.2, 0.25) is 0 Å². The Morgan fingerprint density at radius 2 is 1.93 bits per heavy atom. The summed E-state index contributed by atoms with van der Waals surface area (Å²) in [6.45, 7) is 0. The van der Waals surface area contributed by atoms with Crippen LogP contribution in [0.5, 0.6) is 0 Å². The van der Waals surface area contributed by atoms with Crippen LogP contribution in [0, 0.1) is 17.4 Å². The number of hydrogen-bond donors (Lipinski definition) is 0. The fourth-order valence-corrected chi connectivity index (χ4v) is 1.22. The van der Waals surface area contributed by atoms with Gasteiger partial charge in [-0.05, 0) is 18.2 Å². The van der Waals surface area contributed by atoms with Crippen LogP contribution >= 0.6 is 0 Å². The highest BCUT2D eigenvalue weighted by Gasteiger charge is 1.98. The molecule has 0 amide bonds. The molecule has 0 saturated heterocycles. The Morgan fingerprint density at radius 1 is 1.14 bits per heavy atom. The van der Waals surface area contributed by atoms with E-state index in [9.17, 15) is 0 Å². The number of nitriles is 1. The maximum Gasteiger partial charge on any atom is 0.141 e. The van der Waals surface area contributed by atoms with Gasteiger partial charge in [-0.1, -0.05) is 30.3 Å². The van der Waals surface area contributed by atoms with Crippen molar-refractivity contribution in [3.05, 3.63) is 54.2 Å². The summed E-state index contributed by atoms with van der Waals surface area (Å²) in [6, 6.07) is 17.9. The standard InChI is InChI=1S/C12H7N2/c13-9-11-7-4-8-12(14-11)10-5-2-1-3-6-10/h2-8H. The molecular formula is C12H7N2. The van der Waals surface area contributed by atoms with E-state index in [1.807, 2.05) is 42.5 Å². The fourth-order valence-electron chi connectivity index (χ4n) is 1.22. The lowest BCUT2D eigenvalue weighted by Gasteiger charge is -1.99. The quantitative estimate of drug-likeness (QED) is 0.674. The summed E-state index contributed by atoms with van der Waals surface area (Å²) in [5.41, 5.74) is 2.26. The lowest BCUT2D eigenvalue weighted by molar-refractivity contribution is 1.26. The van der Waals surface area contributed by atoms with Crippen molar-refractivity contribution in [3.63, 3.8) is 0 Å². The van der Waals surface area contributed by atoms with Gasteiger partial charge < -0.3 is 0 Å². The first-order chi connectivity index (χ1) is 6.90. The molecule has 2 rings (SSSR count). The highest BCUT2D eigenvalue weighted by molar-refractivity contribution is 5.59. The summed E-state index contributed by atoms with van der Waals surface area (Å²) in [5.74, 6) is 0. The maximum absolute atomic E-state index is 8.69. The first kappa shape index (κ1) is 8.46. The van der Waals surface area contributed by atoms with E-state index < -0.39 is 0 Å². The van der Waals surface area contributed by atoms with Crippen LogP contribution in [0.15, 0.2) is 42.5 Å². The Bertz CT molecular complexity index is 469. The van der Waals surface area contributed by atoms with Crippen molar-refractivity contribution in [3.8, 4) is 17.3 Å². The van der Waals surface area contributed by atoms with E-state index >= 15 is 0 Å². The molecule has 0 N–H and O–H groups in total. The fraction of sp³-hybridized carbons (Fsp3) is 0. The van der Waals surface area contributed by atoms with Gasteiger partial charge in [0.1, 0.15) is 11.8 Å². The average molecular weight is 179 g/mol. The summed E-state index contributed by atoms with van der Waals surface area (Å²) in [6.07, 6.45) is 0.